The van der Waals surface area contributed by atoms with E-state index in [1.165, 1.54) is 16.5 Å². The quantitative estimate of drug-likeness (QED) is 0.744. The zero-order chi connectivity index (χ0) is 14.7. The highest BCUT2D eigenvalue weighted by molar-refractivity contribution is 6.61. The van der Waals surface area contributed by atoms with Gasteiger partial charge in [0.1, 0.15) is 0 Å². The fourth-order valence-corrected chi connectivity index (χ4v) is 2.65. The molecule has 0 bridgehead atoms. The first-order valence-electron chi connectivity index (χ1n) is 7.13. The first-order valence-corrected chi connectivity index (χ1v) is 7.13. The standard InChI is InChI=1S/C16H22BNO2/c1-11-7-8-12-10-14(18(6)13(12)9-11)17-19-15(2,3)16(4,5)20-17/h7-10H,1-6H3. The molecule has 0 atom stereocenters. The number of aryl methyl sites for hydroxylation is 2. The Morgan fingerprint density at radius 3 is 2.20 bits per heavy atom. The molecule has 0 saturated carbocycles. The minimum absolute atomic E-state index is 0.302. The van der Waals surface area contributed by atoms with Gasteiger partial charge in [0, 0.05) is 18.2 Å². The summed E-state index contributed by atoms with van der Waals surface area (Å²) >= 11 is 0. The second-order valence-corrected chi connectivity index (χ2v) is 6.78. The van der Waals surface area contributed by atoms with Gasteiger partial charge in [0.15, 0.2) is 0 Å². The molecule has 0 unspecified atom stereocenters. The molecule has 1 aliphatic heterocycles. The third kappa shape index (κ3) is 1.90. The van der Waals surface area contributed by atoms with E-state index in [4.69, 9.17) is 9.31 Å². The van der Waals surface area contributed by atoms with Crippen LogP contribution in [0, 0.1) is 6.92 Å². The molecule has 3 nitrogen and oxygen atoms in total. The van der Waals surface area contributed by atoms with Crippen LogP contribution < -0.4 is 5.59 Å². The van der Waals surface area contributed by atoms with Crippen molar-refractivity contribution in [2.45, 2.75) is 45.8 Å². The summed E-state index contributed by atoms with van der Waals surface area (Å²) in [6.45, 7) is 10.4. The van der Waals surface area contributed by atoms with Gasteiger partial charge in [-0.1, -0.05) is 12.1 Å². The molecule has 0 amide bonds. The molecule has 0 spiro atoms. The summed E-state index contributed by atoms with van der Waals surface area (Å²) in [4.78, 5) is 0. The Morgan fingerprint density at radius 1 is 1.00 bits per heavy atom. The molecule has 4 heteroatoms. The van der Waals surface area contributed by atoms with Crippen LogP contribution >= 0.6 is 0 Å². The Balaban J connectivity index is 2.06. The molecule has 1 aromatic carbocycles. The van der Waals surface area contributed by atoms with Crippen LogP contribution in [0.3, 0.4) is 0 Å². The largest absolute Gasteiger partial charge is 0.512 e. The Labute approximate surface area is 121 Å². The highest BCUT2D eigenvalue weighted by Gasteiger charge is 2.52. The summed E-state index contributed by atoms with van der Waals surface area (Å²) in [7, 11) is 1.76. The zero-order valence-electron chi connectivity index (χ0n) is 13.2. The van der Waals surface area contributed by atoms with Crippen molar-refractivity contribution in [3.8, 4) is 0 Å². The molecule has 106 valence electrons. The number of rotatable bonds is 1. The molecule has 20 heavy (non-hydrogen) atoms. The minimum Gasteiger partial charge on any atom is -0.398 e. The second kappa shape index (κ2) is 4.12. The van der Waals surface area contributed by atoms with E-state index in [1.54, 1.807) is 0 Å². The fraction of sp³-hybridized carbons (Fsp3) is 0.500. The van der Waals surface area contributed by atoms with E-state index >= 15 is 0 Å². The van der Waals surface area contributed by atoms with Crippen LogP contribution in [0.15, 0.2) is 24.3 Å². The van der Waals surface area contributed by atoms with Crippen LogP contribution in [0.1, 0.15) is 33.3 Å². The maximum absolute atomic E-state index is 6.15. The average Bonchev–Trinajstić information content (AvgIpc) is 2.75. The molecule has 0 radical (unpaired) electrons. The van der Waals surface area contributed by atoms with Crippen LogP contribution in [-0.2, 0) is 16.4 Å². The topological polar surface area (TPSA) is 23.4 Å². The Bertz CT molecular complexity index is 656. The van der Waals surface area contributed by atoms with E-state index in [0.717, 1.165) is 5.59 Å². The molecule has 1 saturated heterocycles. The highest BCUT2D eigenvalue weighted by atomic mass is 16.7. The molecule has 2 aromatic rings. The molecule has 0 N–H and O–H groups in total. The van der Waals surface area contributed by atoms with Gasteiger partial charge in [0.05, 0.1) is 11.2 Å². The molecular weight excluding hydrogens is 249 g/mol. The molecule has 0 aliphatic carbocycles. The van der Waals surface area contributed by atoms with E-state index in [2.05, 4.69) is 70.5 Å². The number of fused-ring (bicyclic) bond motifs is 1. The van der Waals surface area contributed by atoms with Gasteiger partial charge >= 0.3 is 7.12 Å². The lowest BCUT2D eigenvalue weighted by molar-refractivity contribution is 0.00578. The lowest BCUT2D eigenvalue weighted by Crippen LogP contribution is -2.41. The van der Waals surface area contributed by atoms with Gasteiger partial charge in [-0.05, 0) is 57.7 Å². The van der Waals surface area contributed by atoms with Gasteiger partial charge in [0.2, 0.25) is 0 Å². The Morgan fingerprint density at radius 2 is 1.60 bits per heavy atom. The SMILES string of the molecule is Cc1ccc2cc(B3OC(C)(C)C(C)(C)O3)n(C)c2c1. The average molecular weight is 271 g/mol. The van der Waals surface area contributed by atoms with Crippen LogP contribution in [0.2, 0.25) is 0 Å². The van der Waals surface area contributed by atoms with Crippen LogP contribution in [0.5, 0.6) is 0 Å². The van der Waals surface area contributed by atoms with Crippen LogP contribution in [0.4, 0.5) is 0 Å². The molecule has 3 rings (SSSR count). The Hall–Kier alpha value is -1.26. The third-order valence-electron chi connectivity index (χ3n) is 4.73. The maximum Gasteiger partial charge on any atom is 0.512 e. The summed E-state index contributed by atoms with van der Waals surface area (Å²) in [5, 5.41) is 1.22. The van der Waals surface area contributed by atoms with Crippen molar-refractivity contribution in [2.75, 3.05) is 0 Å². The summed E-state index contributed by atoms with van der Waals surface area (Å²) in [6.07, 6.45) is 0. The monoisotopic (exact) mass is 271 g/mol. The number of hydrogen-bond donors (Lipinski definition) is 0. The van der Waals surface area contributed by atoms with E-state index in [9.17, 15) is 0 Å². The Kier molecular flexibility index (Phi) is 2.83. The minimum atomic E-state index is -0.308. The van der Waals surface area contributed by atoms with Crippen molar-refractivity contribution >= 4 is 23.6 Å². The molecule has 1 fully saturated rings. The number of benzene rings is 1. The normalized spacial score (nSPS) is 20.8. The highest BCUT2D eigenvalue weighted by Crippen LogP contribution is 2.36. The van der Waals surface area contributed by atoms with Gasteiger partial charge in [-0.25, -0.2) is 0 Å². The van der Waals surface area contributed by atoms with Crippen molar-refractivity contribution < 1.29 is 9.31 Å². The fourth-order valence-electron chi connectivity index (χ4n) is 2.65. The van der Waals surface area contributed by atoms with Gasteiger partial charge in [-0.15, -0.1) is 0 Å². The van der Waals surface area contributed by atoms with Crippen molar-refractivity contribution in [1.29, 1.82) is 0 Å². The number of hydrogen-bond acceptors (Lipinski definition) is 2. The van der Waals surface area contributed by atoms with Crippen molar-refractivity contribution in [1.82, 2.24) is 4.57 Å². The van der Waals surface area contributed by atoms with E-state index in [0.29, 0.717) is 0 Å². The van der Waals surface area contributed by atoms with E-state index < -0.39 is 0 Å². The number of aromatic nitrogens is 1. The van der Waals surface area contributed by atoms with Crippen molar-refractivity contribution in [3.05, 3.63) is 29.8 Å². The smallest absolute Gasteiger partial charge is 0.398 e. The van der Waals surface area contributed by atoms with Crippen LogP contribution in [-0.4, -0.2) is 22.9 Å². The first-order chi connectivity index (χ1) is 9.21. The molecule has 1 aliphatic rings. The predicted molar refractivity (Wildman–Crippen MR) is 83.4 cm³/mol. The van der Waals surface area contributed by atoms with E-state index in [1.807, 2.05) is 0 Å². The van der Waals surface area contributed by atoms with Gasteiger partial charge in [0.25, 0.3) is 0 Å². The van der Waals surface area contributed by atoms with Gasteiger partial charge in [-0.2, -0.15) is 0 Å². The number of nitrogens with zero attached hydrogens (tertiary/aromatic N) is 1. The molecule has 2 heterocycles. The molecular formula is C16H22BNO2. The third-order valence-corrected chi connectivity index (χ3v) is 4.73. The lowest BCUT2D eigenvalue weighted by atomic mass is 9.84. The first kappa shape index (κ1) is 13.7. The summed E-state index contributed by atoms with van der Waals surface area (Å²) in [5.41, 5.74) is 2.95. The van der Waals surface area contributed by atoms with Crippen molar-refractivity contribution in [3.63, 3.8) is 0 Å². The van der Waals surface area contributed by atoms with Gasteiger partial charge < -0.3 is 13.9 Å². The van der Waals surface area contributed by atoms with Crippen molar-refractivity contribution in [2.24, 2.45) is 7.05 Å². The maximum atomic E-state index is 6.15. The summed E-state index contributed by atoms with van der Waals surface area (Å²) in [6, 6.07) is 8.65. The summed E-state index contributed by atoms with van der Waals surface area (Å²) in [5.74, 6) is 0. The van der Waals surface area contributed by atoms with Gasteiger partial charge in [-0.3, -0.25) is 0 Å². The second-order valence-electron chi connectivity index (χ2n) is 6.78. The van der Waals surface area contributed by atoms with E-state index in [-0.39, 0.29) is 18.3 Å². The van der Waals surface area contributed by atoms with Crippen LogP contribution in [0.25, 0.3) is 10.9 Å². The predicted octanol–water partition coefficient (Wildman–Crippen LogP) is 2.79. The summed E-state index contributed by atoms with van der Waals surface area (Å²) < 4.78 is 14.5. The lowest BCUT2D eigenvalue weighted by Gasteiger charge is -2.32. The molecule has 1 aromatic heterocycles. The zero-order valence-corrected chi connectivity index (χ0v) is 13.2.